The average molecular weight is 409 g/mol. The van der Waals surface area contributed by atoms with Crippen molar-refractivity contribution < 1.29 is 14.0 Å². The van der Waals surface area contributed by atoms with Crippen LogP contribution in [0.4, 0.5) is 5.13 Å². The third-order valence-corrected chi connectivity index (χ3v) is 6.14. The first-order valence-corrected chi connectivity index (χ1v) is 10.3. The Morgan fingerprint density at radius 1 is 1.24 bits per heavy atom. The Hall–Kier alpha value is -3.07. The SMILES string of the molecule is Cc1nnc(N2CC(C(=O)N3CCc4oc(-c5ccccc5)nc4C3)CC2=O)s1. The summed E-state index contributed by atoms with van der Waals surface area (Å²) in [7, 11) is 0. The lowest BCUT2D eigenvalue weighted by Gasteiger charge is -2.27. The fourth-order valence-electron chi connectivity index (χ4n) is 3.80. The van der Waals surface area contributed by atoms with Gasteiger partial charge in [-0.05, 0) is 19.1 Å². The highest BCUT2D eigenvalue weighted by molar-refractivity contribution is 7.15. The van der Waals surface area contributed by atoms with Gasteiger partial charge in [-0.25, -0.2) is 4.98 Å². The molecule has 2 aliphatic heterocycles. The molecule has 0 radical (unpaired) electrons. The number of amides is 2. The van der Waals surface area contributed by atoms with Gasteiger partial charge < -0.3 is 9.32 Å². The zero-order valence-corrected chi connectivity index (χ0v) is 16.7. The number of anilines is 1. The van der Waals surface area contributed by atoms with Gasteiger partial charge >= 0.3 is 0 Å². The van der Waals surface area contributed by atoms with Crippen LogP contribution >= 0.6 is 11.3 Å². The van der Waals surface area contributed by atoms with E-state index in [2.05, 4.69) is 15.2 Å². The summed E-state index contributed by atoms with van der Waals surface area (Å²) in [6, 6.07) is 9.73. The van der Waals surface area contributed by atoms with Crippen molar-refractivity contribution >= 4 is 28.3 Å². The van der Waals surface area contributed by atoms with Crippen molar-refractivity contribution in [2.24, 2.45) is 5.92 Å². The van der Waals surface area contributed by atoms with Gasteiger partial charge in [-0.2, -0.15) is 0 Å². The Kier molecular flexibility index (Phi) is 4.39. The Balaban J connectivity index is 1.30. The first-order chi connectivity index (χ1) is 14.1. The number of hydrogen-bond donors (Lipinski definition) is 0. The predicted molar refractivity (Wildman–Crippen MR) is 106 cm³/mol. The quantitative estimate of drug-likeness (QED) is 0.660. The molecule has 5 rings (SSSR count). The molecule has 29 heavy (non-hydrogen) atoms. The lowest BCUT2D eigenvalue weighted by Crippen LogP contribution is -2.40. The molecule has 2 amide bonds. The van der Waals surface area contributed by atoms with Crippen LogP contribution in [-0.4, -0.2) is 45.0 Å². The van der Waals surface area contributed by atoms with Crippen molar-refractivity contribution in [2.75, 3.05) is 18.0 Å². The lowest BCUT2D eigenvalue weighted by atomic mass is 10.0. The number of oxazole rings is 1. The van der Waals surface area contributed by atoms with Crippen molar-refractivity contribution in [3.05, 3.63) is 46.8 Å². The Morgan fingerprint density at radius 3 is 2.83 bits per heavy atom. The molecule has 1 atom stereocenters. The minimum Gasteiger partial charge on any atom is -0.441 e. The molecule has 9 heteroatoms. The summed E-state index contributed by atoms with van der Waals surface area (Å²) in [5, 5.41) is 9.37. The summed E-state index contributed by atoms with van der Waals surface area (Å²) in [6.07, 6.45) is 0.829. The Bertz CT molecular complexity index is 1080. The van der Waals surface area contributed by atoms with Crippen LogP contribution in [0.1, 0.15) is 22.9 Å². The molecule has 0 spiro atoms. The van der Waals surface area contributed by atoms with E-state index in [-0.39, 0.29) is 24.2 Å². The van der Waals surface area contributed by atoms with Crippen LogP contribution < -0.4 is 4.90 Å². The van der Waals surface area contributed by atoms with Gasteiger partial charge in [-0.1, -0.05) is 29.5 Å². The number of nitrogens with zero attached hydrogens (tertiary/aromatic N) is 5. The van der Waals surface area contributed by atoms with Crippen LogP contribution in [0.3, 0.4) is 0 Å². The fourth-order valence-corrected chi connectivity index (χ4v) is 4.52. The number of carbonyl (C=O) groups is 2. The minimum absolute atomic E-state index is 0.0167. The molecular weight excluding hydrogens is 390 g/mol. The van der Waals surface area contributed by atoms with Crippen LogP contribution in [0.2, 0.25) is 0 Å². The fraction of sp³-hybridized carbons (Fsp3) is 0.350. The Morgan fingerprint density at radius 2 is 2.07 bits per heavy atom. The smallest absolute Gasteiger partial charge is 0.229 e. The highest BCUT2D eigenvalue weighted by atomic mass is 32.1. The molecule has 8 nitrogen and oxygen atoms in total. The standard InChI is InChI=1S/C20H19N5O3S/c1-12-22-23-20(29-12)25-10-14(9-17(25)26)19(27)24-8-7-16-15(11-24)21-18(28-16)13-5-3-2-4-6-13/h2-6,14H,7-11H2,1H3. The monoisotopic (exact) mass is 409 g/mol. The first-order valence-electron chi connectivity index (χ1n) is 9.52. The molecule has 2 aromatic heterocycles. The minimum atomic E-state index is -0.367. The van der Waals surface area contributed by atoms with E-state index in [4.69, 9.17) is 4.42 Å². The van der Waals surface area contributed by atoms with Crippen LogP contribution in [0.25, 0.3) is 11.5 Å². The molecule has 1 saturated heterocycles. The zero-order chi connectivity index (χ0) is 20.0. The lowest BCUT2D eigenvalue weighted by molar-refractivity contribution is -0.136. The summed E-state index contributed by atoms with van der Waals surface area (Å²) >= 11 is 1.37. The summed E-state index contributed by atoms with van der Waals surface area (Å²) in [5.74, 6) is 0.955. The topological polar surface area (TPSA) is 92.4 Å². The maximum Gasteiger partial charge on any atom is 0.229 e. The molecule has 2 aliphatic rings. The largest absolute Gasteiger partial charge is 0.441 e. The highest BCUT2D eigenvalue weighted by Gasteiger charge is 2.39. The van der Waals surface area contributed by atoms with Gasteiger partial charge in [-0.3, -0.25) is 14.5 Å². The molecule has 0 saturated carbocycles. The van der Waals surface area contributed by atoms with Crippen molar-refractivity contribution in [3.63, 3.8) is 0 Å². The van der Waals surface area contributed by atoms with Crippen LogP contribution in [0.5, 0.6) is 0 Å². The summed E-state index contributed by atoms with van der Waals surface area (Å²) in [5.41, 5.74) is 1.72. The molecule has 3 aromatic rings. The first kappa shape index (κ1) is 18.0. The van der Waals surface area contributed by atoms with Gasteiger partial charge in [0, 0.05) is 31.5 Å². The van der Waals surface area contributed by atoms with E-state index in [1.54, 1.807) is 9.80 Å². The van der Waals surface area contributed by atoms with E-state index in [1.807, 2.05) is 37.3 Å². The molecule has 1 fully saturated rings. The second-order valence-corrected chi connectivity index (χ2v) is 8.43. The number of carbonyl (C=O) groups excluding carboxylic acids is 2. The number of benzene rings is 1. The van der Waals surface area contributed by atoms with Gasteiger partial charge in [0.1, 0.15) is 16.5 Å². The maximum absolute atomic E-state index is 13.1. The number of aromatic nitrogens is 3. The molecular formula is C20H19N5O3S. The van der Waals surface area contributed by atoms with Crippen LogP contribution in [0, 0.1) is 12.8 Å². The normalized spacial score (nSPS) is 18.9. The third kappa shape index (κ3) is 3.31. The number of hydrogen-bond acceptors (Lipinski definition) is 7. The van der Waals surface area contributed by atoms with E-state index in [0.717, 1.165) is 22.0 Å². The third-order valence-electron chi connectivity index (χ3n) is 5.28. The van der Waals surface area contributed by atoms with Gasteiger partial charge in [0.25, 0.3) is 0 Å². The molecule has 0 aliphatic carbocycles. The number of rotatable bonds is 3. The predicted octanol–water partition coefficient (Wildman–Crippen LogP) is 2.44. The van der Waals surface area contributed by atoms with E-state index in [1.165, 1.54) is 11.3 Å². The summed E-state index contributed by atoms with van der Waals surface area (Å²) in [4.78, 5) is 33.4. The van der Waals surface area contributed by atoms with Crippen molar-refractivity contribution in [3.8, 4) is 11.5 Å². The molecule has 1 aromatic carbocycles. The molecule has 1 unspecified atom stereocenters. The van der Waals surface area contributed by atoms with Gasteiger partial charge in [-0.15, -0.1) is 10.2 Å². The number of fused-ring (bicyclic) bond motifs is 1. The van der Waals surface area contributed by atoms with Gasteiger partial charge in [0.05, 0.1) is 12.5 Å². The highest BCUT2D eigenvalue weighted by Crippen LogP contribution is 2.31. The molecule has 148 valence electrons. The van der Waals surface area contributed by atoms with Gasteiger partial charge in [0.15, 0.2) is 0 Å². The van der Waals surface area contributed by atoms with Crippen LogP contribution in [-0.2, 0) is 22.6 Å². The van der Waals surface area contributed by atoms with Crippen LogP contribution in [0.15, 0.2) is 34.7 Å². The van der Waals surface area contributed by atoms with E-state index in [0.29, 0.717) is 37.1 Å². The van der Waals surface area contributed by atoms with Crippen molar-refractivity contribution in [2.45, 2.75) is 26.3 Å². The van der Waals surface area contributed by atoms with E-state index < -0.39 is 0 Å². The second-order valence-electron chi connectivity index (χ2n) is 7.27. The molecule has 4 heterocycles. The Labute approximate surface area is 171 Å². The summed E-state index contributed by atoms with van der Waals surface area (Å²) < 4.78 is 5.91. The van der Waals surface area contributed by atoms with E-state index in [9.17, 15) is 9.59 Å². The number of aryl methyl sites for hydroxylation is 1. The van der Waals surface area contributed by atoms with Crippen molar-refractivity contribution in [1.82, 2.24) is 20.1 Å². The summed E-state index contributed by atoms with van der Waals surface area (Å²) in [6.45, 7) is 3.17. The zero-order valence-electron chi connectivity index (χ0n) is 15.9. The average Bonchev–Trinajstić information content (AvgIpc) is 3.45. The second kappa shape index (κ2) is 7.07. The van der Waals surface area contributed by atoms with E-state index >= 15 is 0 Å². The molecule has 0 bridgehead atoms. The molecule has 0 N–H and O–H groups in total. The van der Waals surface area contributed by atoms with Gasteiger partial charge in [0.2, 0.25) is 22.8 Å². The van der Waals surface area contributed by atoms with Crippen molar-refractivity contribution in [1.29, 1.82) is 0 Å². The maximum atomic E-state index is 13.1.